The molecular formula is C16H21N3O3S2. The minimum Gasteiger partial charge on any atom is -0.392 e. The molecule has 0 unspecified atom stereocenters. The molecule has 8 heteroatoms. The van der Waals surface area contributed by atoms with Crippen molar-refractivity contribution in [2.24, 2.45) is 14.9 Å². The molecule has 1 aliphatic carbocycles. The van der Waals surface area contributed by atoms with E-state index in [0.29, 0.717) is 17.3 Å². The van der Waals surface area contributed by atoms with Gasteiger partial charge < -0.3 is 5.11 Å². The van der Waals surface area contributed by atoms with Crippen LogP contribution in [0.5, 0.6) is 0 Å². The van der Waals surface area contributed by atoms with Crippen molar-refractivity contribution < 1.29 is 13.5 Å². The van der Waals surface area contributed by atoms with Gasteiger partial charge in [-0.25, -0.2) is 5.01 Å². The topological polar surface area (TPSA) is 82.3 Å². The quantitative estimate of drug-likeness (QED) is 0.655. The number of benzene rings is 1. The molecule has 3 rings (SSSR count). The van der Waals surface area contributed by atoms with Gasteiger partial charge >= 0.3 is 0 Å². The number of amidine groups is 1. The van der Waals surface area contributed by atoms with Crippen molar-refractivity contribution in [2.75, 3.05) is 12.8 Å². The van der Waals surface area contributed by atoms with E-state index in [1.165, 1.54) is 36.7 Å². The van der Waals surface area contributed by atoms with Crippen molar-refractivity contribution in [3.63, 3.8) is 0 Å². The summed E-state index contributed by atoms with van der Waals surface area (Å²) in [7, 11) is -3.80. The number of aliphatic hydroxyl groups is 1. The Bertz CT molecular complexity index is 751. The fourth-order valence-corrected chi connectivity index (χ4v) is 4.97. The second-order valence-corrected chi connectivity index (χ2v) is 8.60. The molecular weight excluding hydrogens is 346 g/mol. The highest BCUT2D eigenvalue weighted by atomic mass is 32.2. The molecule has 2 aliphatic rings. The molecule has 0 aromatic heterocycles. The first-order valence-electron chi connectivity index (χ1n) is 7.89. The molecule has 24 heavy (non-hydrogen) atoms. The number of nitrogens with zero attached hydrogens (tertiary/aromatic N) is 3. The summed E-state index contributed by atoms with van der Waals surface area (Å²) < 4.78 is 29.0. The van der Waals surface area contributed by atoms with Gasteiger partial charge in [0.15, 0.2) is 5.17 Å². The molecule has 1 heterocycles. The molecule has 1 aromatic rings. The largest absolute Gasteiger partial charge is 0.392 e. The third-order valence-corrected chi connectivity index (χ3v) is 6.60. The number of hydrogen-bond donors (Lipinski definition) is 1. The average molecular weight is 367 g/mol. The monoisotopic (exact) mass is 367 g/mol. The second kappa shape index (κ2) is 6.85. The number of thioether (sulfide) groups is 1. The van der Waals surface area contributed by atoms with Crippen molar-refractivity contribution in [2.45, 2.75) is 37.2 Å². The van der Waals surface area contributed by atoms with Crippen LogP contribution in [0.25, 0.3) is 0 Å². The van der Waals surface area contributed by atoms with Crippen LogP contribution in [0, 0.1) is 5.41 Å². The Labute approximate surface area is 146 Å². The predicted octanol–water partition coefficient (Wildman–Crippen LogP) is 2.45. The lowest BCUT2D eigenvalue weighted by Gasteiger charge is -2.22. The summed E-state index contributed by atoms with van der Waals surface area (Å²) in [4.78, 5) is 0.116. The van der Waals surface area contributed by atoms with Crippen LogP contribution in [0.15, 0.2) is 38.7 Å². The third kappa shape index (κ3) is 3.50. The molecule has 130 valence electrons. The van der Waals surface area contributed by atoms with Crippen LogP contribution in [-0.2, 0) is 16.6 Å². The molecule has 1 spiro atoms. The normalized spacial score (nSPS) is 20.2. The molecule has 0 bridgehead atoms. The Hall–Kier alpha value is -1.38. The molecule has 0 amide bonds. The van der Waals surface area contributed by atoms with Gasteiger partial charge in [-0.3, -0.25) is 0 Å². The maximum absolute atomic E-state index is 12.5. The van der Waals surface area contributed by atoms with Crippen molar-refractivity contribution in [1.29, 1.82) is 0 Å². The number of hydrogen-bond acceptors (Lipinski definition) is 5. The Morgan fingerprint density at radius 1 is 1.33 bits per heavy atom. The van der Waals surface area contributed by atoms with Crippen LogP contribution in [0.4, 0.5) is 0 Å². The molecule has 6 nitrogen and oxygen atoms in total. The zero-order chi connectivity index (χ0) is 17.2. The summed E-state index contributed by atoms with van der Waals surface area (Å²) >= 11 is 1.28. The lowest BCUT2D eigenvalue weighted by molar-refractivity contribution is 0.282. The molecule has 1 saturated carbocycles. The molecule has 0 atom stereocenters. The highest BCUT2D eigenvalue weighted by molar-refractivity contribution is 8.13. The van der Waals surface area contributed by atoms with Gasteiger partial charge in [-0.15, -0.1) is 4.40 Å². The molecule has 0 radical (unpaired) electrons. The van der Waals surface area contributed by atoms with Crippen LogP contribution in [0.1, 0.15) is 31.2 Å². The van der Waals surface area contributed by atoms with Gasteiger partial charge in [0.2, 0.25) is 0 Å². The predicted molar refractivity (Wildman–Crippen MR) is 96.6 cm³/mol. The van der Waals surface area contributed by atoms with Crippen LogP contribution < -0.4 is 0 Å². The van der Waals surface area contributed by atoms with Gasteiger partial charge in [-0.2, -0.15) is 13.5 Å². The van der Waals surface area contributed by atoms with Crippen LogP contribution in [0.2, 0.25) is 0 Å². The summed E-state index contributed by atoms with van der Waals surface area (Å²) in [6, 6.07) is 6.10. The second-order valence-electron chi connectivity index (χ2n) is 6.23. The van der Waals surface area contributed by atoms with Crippen LogP contribution in [0.3, 0.4) is 0 Å². The first-order chi connectivity index (χ1) is 11.5. The standard InChI is InChI=1S/C16H21N3O3S2/c1-23-15(19-12-16(11-17-19)8-2-3-9-16)18-24(21,22)14-6-4-13(10-20)5-7-14/h4-7,11,20H,2-3,8-10,12H2,1H3. The van der Waals surface area contributed by atoms with Gasteiger partial charge in [0.1, 0.15) is 0 Å². The van der Waals surface area contributed by atoms with Crippen molar-refractivity contribution in [3.8, 4) is 0 Å². The van der Waals surface area contributed by atoms with E-state index in [1.807, 2.05) is 6.21 Å². The molecule has 1 N–H and O–H groups in total. The van der Waals surface area contributed by atoms with Gasteiger partial charge in [0.25, 0.3) is 10.0 Å². The van der Waals surface area contributed by atoms with Crippen molar-refractivity contribution in [1.82, 2.24) is 5.01 Å². The fourth-order valence-electron chi connectivity index (χ4n) is 3.17. The molecule has 0 saturated heterocycles. The van der Waals surface area contributed by atoms with E-state index >= 15 is 0 Å². The minimum atomic E-state index is -3.80. The van der Waals surface area contributed by atoms with E-state index in [4.69, 9.17) is 5.11 Å². The minimum absolute atomic E-state index is 0.0863. The Balaban J connectivity index is 1.82. The smallest absolute Gasteiger partial charge is 0.284 e. The van der Waals surface area contributed by atoms with Gasteiger partial charge in [0.05, 0.1) is 18.0 Å². The van der Waals surface area contributed by atoms with E-state index in [2.05, 4.69) is 9.50 Å². The maximum Gasteiger partial charge on any atom is 0.284 e. The zero-order valence-electron chi connectivity index (χ0n) is 13.6. The molecule has 1 fully saturated rings. The number of sulfonamides is 1. The summed E-state index contributed by atoms with van der Waals surface area (Å²) in [5.41, 5.74) is 0.749. The Kier molecular flexibility index (Phi) is 4.98. The van der Waals surface area contributed by atoms with Crippen LogP contribution in [-0.4, -0.2) is 42.7 Å². The van der Waals surface area contributed by atoms with Gasteiger partial charge in [-0.1, -0.05) is 36.7 Å². The fraction of sp³-hybridized carbons (Fsp3) is 0.500. The average Bonchev–Trinajstić information content (AvgIpc) is 3.23. The summed E-state index contributed by atoms with van der Waals surface area (Å²) in [5, 5.41) is 15.6. The van der Waals surface area contributed by atoms with E-state index in [9.17, 15) is 8.42 Å². The third-order valence-electron chi connectivity index (χ3n) is 4.54. The zero-order valence-corrected chi connectivity index (χ0v) is 15.2. The molecule has 1 aromatic carbocycles. The summed E-state index contributed by atoms with van der Waals surface area (Å²) in [5.74, 6) is 0. The van der Waals surface area contributed by atoms with E-state index < -0.39 is 10.0 Å². The maximum atomic E-state index is 12.5. The first-order valence-corrected chi connectivity index (χ1v) is 10.6. The molecule has 1 aliphatic heterocycles. The SMILES string of the molecule is CSC(=NS(=O)(=O)c1ccc(CO)cc1)N1CC2(C=N1)CCCC2. The van der Waals surface area contributed by atoms with E-state index in [0.717, 1.165) is 12.8 Å². The number of hydrazone groups is 1. The number of rotatable bonds is 3. The first kappa shape index (κ1) is 17.4. The Morgan fingerprint density at radius 3 is 2.58 bits per heavy atom. The lowest BCUT2D eigenvalue weighted by atomic mass is 9.89. The number of aliphatic hydroxyl groups excluding tert-OH is 1. The Morgan fingerprint density at radius 2 is 2.00 bits per heavy atom. The summed E-state index contributed by atoms with van der Waals surface area (Å²) in [6.45, 7) is 0.579. The van der Waals surface area contributed by atoms with E-state index in [1.54, 1.807) is 23.4 Å². The van der Waals surface area contributed by atoms with Gasteiger partial charge in [0, 0.05) is 11.6 Å². The van der Waals surface area contributed by atoms with Gasteiger partial charge in [-0.05, 0) is 36.8 Å². The van der Waals surface area contributed by atoms with Crippen molar-refractivity contribution >= 4 is 33.2 Å². The lowest BCUT2D eigenvalue weighted by Crippen LogP contribution is -2.30. The van der Waals surface area contributed by atoms with Crippen molar-refractivity contribution in [3.05, 3.63) is 29.8 Å². The highest BCUT2D eigenvalue weighted by Crippen LogP contribution is 2.40. The summed E-state index contributed by atoms with van der Waals surface area (Å²) in [6.07, 6.45) is 8.36. The highest BCUT2D eigenvalue weighted by Gasteiger charge is 2.39. The van der Waals surface area contributed by atoms with E-state index in [-0.39, 0.29) is 16.9 Å². The van der Waals surface area contributed by atoms with Crippen LogP contribution >= 0.6 is 11.8 Å².